The van der Waals surface area contributed by atoms with Crippen molar-refractivity contribution in [2.75, 3.05) is 0 Å². The number of carbonyl (C=O) groups is 1. The molecule has 0 saturated heterocycles. The Hall–Kier alpha value is -2.35. The van der Waals surface area contributed by atoms with Crippen molar-refractivity contribution in [2.45, 2.75) is 6.92 Å². The lowest BCUT2D eigenvalue weighted by molar-refractivity contribution is -0.130. The van der Waals surface area contributed by atoms with Crippen LogP contribution in [-0.4, -0.2) is 10.9 Å². The molecule has 3 aromatic carbocycles. The Kier molecular flexibility index (Phi) is 6.72. The van der Waals surface area contributed by atoms with Crippen LogP contribution in [0.2, 0.25) is 0 Å². The van der Waals surface area contributed by atoms with Gasteiger partial charge in [-0.3, -0.25) is 0 Å². The lowest BCUT2D eigenvalue weighted by Crippen LogP contribution is -2.32. The van der Waals surface area contributed by atoms with Gasteiger partial charge in [-0.25, -0.2) is 4.79 Å². The van der Waals surface area contributed by atoms with Crippen molar-refractivity contribution in [1.82, 2.24) is 0 Å². The van der Waals surface area contributed by atoms with Gasteiger partial charge in [0.25, 0.3) is 7.49 Å². The van der Waals surface area contributed by atoms with Gasteiger partial charge in [0.2, 0.25) is 0 Å². The average Bonchev–Trinajstić information content (AvgIpc) is 2.74. The highest BCUT2D eigenvalue weighted by atomic mass is 31.3. The number of hydrogen-bond donors (Lipinski definition) is 1. The molecule has 6 heteroatoms. The van der Waals surface area contributed by atoms with Crippen LogP contribution < -0.4 is 15.9 Å². The molecule has 1 unspecified atom stereocenters. The first-order valence-corrected chi connectivity index (χ1v) is 11.5. The van der Waals surface area contributed by atoms with E-state index in [1.165, 1.54) is 6.92 Å². The maximum absolute atomic E-state index is 11.9. The predicted molar refractivity (Wildman–Crippen MR) is 116 cm³/mol. The average molecular weight is 411 g/mol. The minimum atomic E-state index is -2.72. The zero-order valence-electron chi connectivity index (χ0n) is 15.4. The smallest absolute Gasteiger partial charge is 0.389 e. The van der Waals surface area contributed by atoms with E-state index in [4.69, 9.17) is 8.83 Å². The van der Waals surface area contributed by atoms with Crippen molar-refractivity contribution in [3.63, 3.8) is 0 Å². The fourth-order valence-corrected chi connectivity index (χ4v) is 7.84. The van der Waals surface area contributed by atoms with Crippen LogP contribution in [0.25, 0.3) is 0 Å². The van der Waals surface area contributed by atoms with Crippen molar-refractivity contribution in [3.8, 4) is 0 Å². The molecule has 0 aliphatic carbocycles. The number of carbonyl (C=O) groups excluding carboxylic acids is 1. The Balaban J connectivity index is 2.16. The Morgan fingerprint density at radius 1 is 0.821 bits per heavy atom. The third-order valence-electron chi connectivity index (χ3n) is 4.06. The third-order valence-corrected chi connectivity index (χ3v) is 9.00. The predicted octanol–water partition coefficient (Wildman–Crippen LogP) is 4.25. The molecule has 0 saturated carbocycles. The third kappa shape index (κ3) is 4.38. The molecule has 0 radical (unpaired) electrons. The summed E-state index contributed by atoms with van der Waals surface area (Å²) in [5.74, 6) is -0.680. The molecular formula is C22H21O4P2+. The van der Waals surface area contributed by atoms with E-state index in [2.05, 4.69) is 6.58 Å². The van der Waals surface area contributed by atoms with Crippen LogP contribution in [0.5, 0.6) is 0 Å². The molecule has 0 bridgehead atoms. The summed E-state index contributed by atoms with van der Waals surface area (Å²) >= 11 is 0. The highest BCUT2D eigenvalue weighted by molar-refractivity contribution is 7.94. The molecule has 0 aromatic heterocycles. The zero-order chi connectivity index (χ0) is 20.0. The summed E-state index contributed by atoms with van der Waals surface area (Å²) in [5, 5.41) is 2.75. The summed E-state index contributed by atoms with van der Waals surface area (Å²) in [6, 6.07) is 29.2. The van der Waals surface area contributed by atoms with Crippen molar-refractivity contribution in [1.29, 1.82) is 0 Å². The second kappa shape index (κ2) is 9.23. The summed E-state index contributed by atoms with van der Waals surface area (Å²) < 4.78 is 11.4. The van der Waals surface area contributed by atoms with Gasteiger partial charge in [-0.05, 0) is 43.3 Å². The topological polar surface area (TPSA) is 55.8 Å². The van der Waals surface area contributed by atoms with Crippen molar-refractivity contribution in [3.05, 3.63) is 103 Å². The Labute approximate surface area is 166 Å². The van der Waals surface area contributed by atoms with Crippen LogP contribution in [0, 0.1) is 0 Å². The Morgan fingerprint density at radius 2 is 1.18 bits per heavy atom. The van der Waals surface area contributed by atoms with Crippen LogP contribution in [0.1, 0.15) is 6.92 Å². The summed E-state index contributed by atoms with van der Waals surface area (Å²) in [6.07, 6.45) is 0. The fourth-order valence-electron chi connectivity index (χ4n) is 2.77. The van der Waals surface area contributed by atoms with E-state index < -0.39 is 22.1 Å². The van der Waals surface area contributed by atoms with Gasteiger partial charge < -0.3 is 9.42 Å². The Morgan fingerprint density at radius 3 is 1.50 bits per heavy atom. The first-order valence-electron chi connectivity index (χ1n) is 8.66. The molecule has 1 atom stereocenters. The SMILES string of the molecule is C=C(C)C(=O)OP(O)O[P+](c1ccccc1)(c1ccccc1)c1ccccc1. The van der Waals surface area contributed by atoms with Gasteiger partial charge in [0, 0.05) is 5.57 Å². The van der Waals surface area contributed by atoms with E-state index in [0.29, 0.717) is 0 Å². The second-order valence-corrected chi connectivity index (χ2v) is 10.2. The Bertz CT molecular complexity index is 834. The minimum Gasteiger partial charge on any atom is -0.389 e. The fraction of sp³-hybridized carbons (Fsp3) is 0.0455. The van der Waals surface area contributed by atoms with Gasteiger partial charge in [-0.2, -0.15) is 0 Å². The van der Waals surface area contributed by atoms with Crippen LogP contribution in [0.3, 0.4) is 0 Å². The van der Waals surface area contributed by atoms with Crippen LogP contribution in [0.15, 0.2) is 103 Å². The van der Waals surface area contributed by atoms with E-state index in [9.17, 15) is 9.69 Å². The lowest BCUT2D eigenvalue weighted by atomic mass is 10.4. The van der Waals surface area contributed by atoms with Gasteiger partial charge in [-0.1, -0.05) is 61.2 Å². The van der Waals surface area contributed by atoms with Gasteiger partial charge >= 0.3 is 14.6 Å². The summed E-state index contributed by atoms with van der Waals surface area (Å²) in [7, 11) is -5.20. The molecule has 4 nitrogen and oxygen atoms in total. The lowest BCUT2D eigenvalue weighted by Gasteiger charge is -2.26. The number of hydrogen-bond acceptors (Lipinski definition) is 4. The minimum absolute atomic E-state index is 0.202. The largest absolute Gasteiger partial charge is 0.435 e. The molecule has 142 valence electrons. The molecule has 0 fully saturated rings. The molecule has 0 heterocycles. The molecule has 3 rings (SSSR count). The molecule has 1 N–H and O–H groups in total. The van der Waals surface area contributed by atoms with Crippen LogP contribution >= 0.6 is 16.1 Å². The van der Waals surface area contributed by atoms with E-state index in [0.717, 1.165) is 15.9 Å². The molecule has 3 aromatic rings. The van der Waals surface area contributed by atoms with E-state index in [1.807, 2.05) is 91.0 Å². The van der Waals surface area contributed by atoms with Crippen molar-refractivity contribution >= 4 is 38.0 Å². The monoisotopic (exact) mass is 411 g/mol. The first-order chi connectivity index (χ1) is 13.5. The van der Waals surface area contributed by atoms with Crippen LogP contribution in [-0.2, 0) is 13.6 Å². The first kappa shape index (κ1) is 20.4. The zero-order valence-corrected chi connectivity index (χ0v) is 17.2. The van der Waals surface area contributed by atoms with Crippen molar-refractivity contribution < 1.29 is 18.5 Å². The van der Waals surface area contributed by atoms with E-state index >= 15 is 0 Å². The van der Waals surface area contributed by atoms with Crippen molar-refractivity contribution in [2.24, 2.45) is 0 Å². The summed E-state index contributed by atoms with van der Waals surface area (Å²) in [5.41, 5.74) is 0.202. The van der Waals surface area contributed by atoms with Gasteiger partial charge in [-0.15, -0.1) is 4.31 Å². The summed E-state index contributed by atoms with van der Waals surface area (Å²) in [6.45, 7) is 5.08. The molecular weight excluding hydrogens is 390 g/mol. The molecule has 0 spiro atoms. The second-order valence-electron chi connectivity index (χ2n) is 6.09. The molecule has 0 aliphatic heterocycles. The standard InChI is InChI=1S/C22H21O4P2/c1-18(2)22(23)25-27(24)26-28(19-12-6-3-7-13-19,20-14-8-4-9-15-20)21-16-10-5-11-17-21/h3-17,24H,1H2,2H3/q+1. The number of benzene rings is 3. The van der Waals surface area contributed by atoms with E-state index in [-0.39, 0.29) is 5.57 Å². The van der Waals surface area contributed by atoms with Gasteiger partial charge in [0.15, 0.2) is 0 Å². The highest BCUT2D eigenvalue weighted by Crippen LogP contribution is 2.64. The quantitative estimate of drug-likeness (QED) is 0.467. The molecule has 0 aliphatic rings. The van der Waals surface area contributed by atoms with Crippen LogP contribution in [0.4, 0.5) is 0 Å². The number of rotatable bonds is 7. The van der Waals surface area contributed by atoms with Gasteiger partial charge in [0.1, 0.15) is 15.9 Å². The maximum atomic E-state index is 11.9. The molecule has 28 heavy (non-hydrogen) atoms. The maximum Gasteiger partial charge on any atom is 0.435 e. The van der Waals surface area contributed by atoms with E-state index in [1.54, 1.807) is 0 Å². The normalized spacial score (nSPS) is 12.2. The highest BCUT2D eigenvalue weighted by Gasteiger charge is 2.51. The van der Waals surface area contributed by atoms with Gasteiger partial charge in [0.05, 0.1) is 0 Å². The molecule has 0 amide bonds. The summed E-state index contributed by atoms with van der Waals surface area (Å²) in [4.78, 5) is 22.5.